The van der Waals surface area contributed by atoms with Crippen LogP contribution in [0.1, 0.15) is 0 Å². The Hall–Kier alpha value is -1.51. The van der Waals surface area contributed by atoms with E-state index < -0.39 is 5.97 Å². The summed E-state index contributed by atoms with van der Waals surface area (Å²) in [7, 11) is 0. The van der Waals surface area contributed by atoms with Gasteiger partial charge in [0.15, 0.2) is 0 Å². The topological polar surface area (TPSA) is 46.5 Å². The molecule has 3 heteroatoms. The Bertz CT molecular complexity index is 248. The van der Waals surface area contributed by atoms with E-state index in [0.29, 0.717) is 12.4 Å². The molecule has 1 N–H and O–H groups in total. The van der Waals surface area contributed by atoms with Gasteiger partial charge < -0.3 is 9.84 Å². The summed E-state index contributed by atoms with van der Waals surface area (Å²) in [6.45, 7) is 3.77. The average Bonchev–Trinajstić information content (AvgIpc) is 2.05. The minimum atomic E-state index is -1.05. The number of carbonyl (C=O) groups is 1. The third-order valence-corrected chi connectivity index (χ3v) is 1.27. The lowest BCUT2D eigenvalue weighted by Gasteiger charge is -2.09. The maximum absolute atomic E-state index is 10.4. The van der Waals surface area contributed by atoms with Crippen LogP contribution in [0.2, 0.25) is 0 Å². The number of rotatable bonds is 2. The molecule has 0 bridgehead atoms. The van der Waals surface area contributed by atoms with E-state index in [4.69, 9.17) is 9.84 Å². The number of ether oxygens (including phenoxy) is 1. The monoisotopic (exact) mass is 152 g/mol. The van der Waals surface area contributed by atoms with Crippen molar-refractivity contribution in [2.45, 2.75) is 0 Å². The third-order valence-electron chi connectivity index (χ3n) is 1.27. The van der Waals surface area contributed by atoms with Crippen molar-refractivity contribution in [3.63, 3.8) is 0 Å². The Kier molecular flexibility index (Phi) is 2.11. The number of allylic oxidation sites excluding steroid dienone is 2. The summed E-state index contributed by atoms with van der Waals surface area (Å²) in [6, 6.07) is 0. The lowest BCUT2D eigenvalue weighted by Crippen LogP contribution is -2.06. The molecular weight excluding hydrogens is 144 g/mol. The van der Waals surface area contributed by atoms with Crippen LogP contribution in [0.4, 0.5) is 0 Å². The normalized spacial score (nSPS) is 15.1. The van der Waals surface area contributed by atoms with Gasteiger partial charge in [0, 0.05) is 0 Å². The zero-order chi connectivity index (χ0) is 8.27. The first-order chi connectivity index (χ1) is 5.22. The SMILES string of the molecule is C=C(C(=O)O)C1=CC=CCO1. The first-order valence-electron chi connectivity index (χ1n) is 3.14. The van der Waals surface area contributed by atoms with Crippen molar-refractivity contribution in [2.24, 2.45) is 0 Å². The Morgan fingerprint density at radius 1 is 1.73 bits per heavy atom. The van der Waals surface area contributed by atoms with Gasteiger partial charge in [0.2, 0.25) is 0 Å². The van der Waals surface area contributed by atoms with Crippen molar-refractivity contribution < 1.29 is 14.6 Å². The van der Waals surface area contributed by atoms with Crippen LogP contribution < -0.4 is 0 Å². The van der Waals surface area contributed by atoms with E-state index >= 15 is 0 Å². The van der Waals surface area contributed by atoms with Crippen LogP contribution in [0.5, 0.6) is 0 Å². The number of carboxylic acids is 1. The highest BCUT2D eigenvalue weighted by Crippen LogP contribution is 2.12. The molecule has 1 rings (SSSR count). The van der Waals surface area contributed by atoms with Crippen LogP contribution in [0.15, 0.2) is 36.1 Å². The molecule has 0 amide bonds. The molecule has 0 fully saturated rings. The van der Waals surface area contributed by atoms with Crippen molar-refractivity contribution in [3.05, 3.63) is 36.1 Å². The standard InChI is InChI=1S/C8H8O3/c1-6(8(9)10)7-4-2-3-5-11-7/h2-4H,1,5H2,(H,9,10). The smallest absolute Gasteiger partial charge is 0.338 e. The van der Waals surface area contributed by atoms with Gasteiger partial charge in [-0.25, -0.2) is 4.79 Å². The molecule has 0 aliphatic carbocycles. The van der Waals surface area contributed by atoms with E-state index in [2.05, 4.69) is 6.58 Å². The number of aliphatic carboxylic acids is 1. The molecule has 0 saturated carbocycles. The fraction of sp³-hybridized carbons (Fsp3) is 0.125. The molecule has 0 atom stereocenters. The summed E-state index contributed by atoms with van der Waals surface area (Å²) < 4.78 is 4.99. The molecule has 0 spiro atoms. The second-order valence-corrected chi connectivity index (χ2v) is 2.05. The Labute approximate surface area is 64.3 Å². The molecule has 0 aromatic rings. The second kappa shape index (κ2) is 3.05. The Balaban J connectivity index is 2.74. The lowest BCUT2D eigenvalue weighted by molar-refractivity contribution is -0.132. The molecule has 0 unspecified atom stereocenters. The third kappa shape index (κ3) is 1.70. The first-order valence-corrected chi connectivity index (χ1v) is 3.14. The molecule has 0 radical (unpaired) electrons. The van der Waals surface area contributed by atoms with Crippen LogP contribution in [0, 0.1) is 0 Å². The van der Waals surface area contributed by atoms with Crippen molar-refractivity contribution in [1.29, 1.82) is 0 Å². The van der Waals surface area contributed by atoms with E-state index in [0.717, 1.165) is 0 Å². The summed E-state index contributed by atoms with van der Waals surface area (Å²) in [5.41, 5.74) is -0.00523. The predicted octanol–water partition coefficient (Wildman–Crippen LogP) is 1.10. The van der Waals surface area contributed by atoms with Crippen molar-refractivity contribution in [1.82, 2.24) is 0 Å². The molecule has 1 aliphatic heterocycles. The molecule has 0 saturated heterocycles. The van der Waals surface area contributed by atoms with Crippen molar-refractivity contribution in [2.75, 3.05) is 6.61 Å². The van der Waals surface area contributed by atoms with Gasteiger partial charge in [-0.15, -0.1) is 0 Å². The Morgan fingerprint density at radius 2 is 2.45 bits per heavy atom. The van der Waals surface area contributed by atoms with E-state index in [1.807, 2.05) is 0 Å². The molecule has 1 heterocycles. The van der Waals surface area contributed by atoms with Gasteiger partial charge in [0.25, 0.3) is 0 Å². The minimum Gasteiger partial charge on any atom is -0.489 e. The maximum Gasteiger partial charge on any atom is 0.338 e. The number of hydrogen-bond acceptors (Lipinski definition) is 2. The van der Waals surface area contributed by atoms with E-state index in [-0.39, 0.29) is 5.57 Å². The van der Waals surface area contributed by atoms with Crippen molar-refractivity contribution >= 4 is 5.97 Å². The molecule has 0 aromatic heterocycles. The molecule has 58 valence electrons. The summed E-state index contributed by atoms with van der Waals surface area (Å²) >= 11 is 0. The first kappa shape index (κ1) is 7.60. The van der Waals surface area contributed by atoms with E-state index in [9.17, 15) is 4.79 Å². The predicted molar refractivity (Wildman–Crippen MR) is 40.0 cm³/mol. The minimum absolute atomic E-state index is 0.00523. The fourth-order valence-electron chi connectivity index (χ4n) is 0.690. The van der Waals surface area contributed by atoms with Crippen LogP contribution in [-0.4, -0.2) is 17.7 Å². The molecule has 11 heavy (non-hydrogen) atoms. The summed E-state index contributed by atoms with van der Waals surface area (Å²) in [5, 5.41) is 8.49. The highest BCUT2D eigenvalue weighted by atomic mass is 16.5. The van der Waals surface area contributed by atoms with Gasteiger partial charge >= 0.3 is 5.97 Å². The second-order valence-electron chi connectivity index (χ2n) is 2.05. The highest BCUT2D eigenvalue weighted by Gasteiger charge is 2.11. The van der Waals surface area contributed by atoms with E-state index in [1.165, 1.54) is 0 Å². The molecule has 0 aromatic carbocycles. The zero-order valence-corrected chi connectivity index (χ0v) is 5.91. The van der Waals surface area contributed by atoms with Crippen LogP contribution >= 0.6 is 0 Å². The molecular formula is C8H8O3. The van der Waals surface area contributed by atoms with Crippen LogP contribution in [-0.2, 0) is 9.53 Å². The average molecular weight is 152 g/mol. The number of carboxylic acid groups (broad SMARTS) is 1. The summed E-state index contributed by atoms with van der Waals surface area (Å²) in [5.74, 6) is -0.716. The quantitative estimate of drug-likeness (QED) is 0.602. The van der Waals surface area contributed by atoms with Gasteiger partial charge in [0.1, 0.15) is 12.4 Å². The maximum atomic E-state index is 10.4. The van der Waals surface area contributed by atoms with Crippen LogP contribution in [0.25, 0.3) is 0 Å². The summed E-state index contributed by atoms with van der Waals surface area (Å²) in [6.07, 6.45) is 5.12. The fourth-order valence-corrected chi connectivity index (χ4v) is 0.690. The molecule has 1 aliphatic rings. The van der Waals surface area contributed by atoms with E-state index in [1.54, 1.807) is 18.2 Å². The highest BCUT2D eigenvalue weighted by molar-refractivity contribution is 5.90. The van der Waals surface area contributed by atoms with Gasteiger partial charge in [-0.2, -0.15) is 0 Å². The van der Waals surface area contributed by atoms with Gasteiger partial charge in [-0.1, -0.05) is 12.7 Å². The van der Waals surface area contributed by atoms with Crippen molar-refractivity contribution in [3.8, 4) is 0 Å². The van der Waals surface area contributed by atoms with Gasteiger partial charge in [0.05, 0.1) is 5.57 Å². The zero-order valence-electron chi connectivity index (χ0n) is 5.91. The summed E-state index contributed by atoms with van der Waals surface area (Å²) in [4.78, 5) is 10.4. The van der Waals surface area contributed by atoms with Gasteiger partial charge in [-0.05, 0) is 12.2 Å². The lowest BCUT2D eigenvalue weighted by atomic mass is 10.2. The Morgan fingerprint density at radius 3 is 2.91 bits per heavy atom. The largest absolute Gasteiger partial charge is 0.489 e. The van der Waals surface area contributed by atoms with Gasteiger partial charge in [-0.3, -0.25) is 0 Å². The molecule has 3 nitrogen and oxygen atoms in total. The number of hydrogen-bond donors (Lipinski definition) is 1. The van der Waals surface area contributed by atoms with Crippen LogP contribution in [0.3, 0.4) is 0 Å².